The zero-order valence-corrected chi connectivity index (χ0v) is 15.6. The predicted octanol–water partition coefficient (Wildman–Crippen LogP) is 3.24. The third-order valence-electron chi connectivity index (χ3n) is 3.94. The van der Waals surface area contributed by atoms with Gasteiger partial charge < -0.3 is 0 Å². The minimum atomic E-state index is -0.335. The van der Waals surface area contributed by atoms with Gasteiger partial charge in [0.1, 0.15) is 6.33 Å². The van der Waals surface area contributed by atoms with E-state index >= 15 is 0 Å². The van der Waals surface area contributed by atoms with Crippen LogP contribution in [0.1, 0.15) is 27.0 Å². The van der Waals surface area contributed by atoms with Crippen molar-refractivity contribution in [2.45, 2.75) is 6.92 Å². The standard InChI is InChI=1S/C19H14N6O2S/c1-12(26)17-16(13-6-3-2-4-7-13)21-19(28-17)22-18(27)14-8-5-9-15(10-14)25-11-20-23-24-25/h2-11H,1H3,(H,21,22,27). The molecule has 2 aromatic carbocycles. The Morgan fingerprint density at radius 1 is 1.07 bits per heavy atom. The summed E-state index contributed by atoms with van der Waals surface area (Å²) in [4.78, 5) is 29.7. The highest BCUT2D eigenvalue weighted by molar-refractivity contribution is 7.18. The second kappa shape index (κ2) is 7.49. The lowest BCUT2D eigenvalue weighted by Crippen LogP contribution is -2.12. The van der Waals surface area contributed by atoms with Crippen molar-refractivity contribution in [2.24, 2.45) is 0 Å². The Balaban J connectivity index is 1.62. The second-order valence-electron chi connectivity index (χ2n) is 5.88. The molecule has 28 heavy (non-hydrogen) atoms. The monoisotopic (exact) mass is 390 g/mol. The van der Waals surface area contributed by atoms with E-state index in [-0.39, 0.29) is 11.7 Å². The van der Waals surface area contributed by atoms with E-state index in [1.165, 1.54) is 17.9 Å². The number of benzene rings is 2. The topological polar surface area (TPSA) is 103 Å². The average Bonchev–Trinajstić information content (AvgIpc) is 3.39. The molecule has 8 nitrogen and oxygen atoms in total. The van der Waals surface area contributed by atoms with Crippen LogP contribution < -0.4 is 5.32 Å². The summed E-state index contributed by atoms with van der Waals surface area (Å²) in [7, 11) is 0. The maximum Gasteiger partial charge on any atom is 0.257 e. The van der Waals surface area contributed by atoms with Gasteiger partial charge in [0.25, 0.3) is 5.91 Å². The number of carbonyl (C=O) groups is 2. The lowest BCUT2D eigenvalue weighted by Gasteiger charge is -2.04. The SMILES string of the molecule is CC(=O)c1sc(NC(=O)c2cccc(-n3cnnn3)c2)nc1-c1ccccc1. The van der Waals surface area contributed by atoms with Gasteiger partial charge in [-0.15, -0.1) is 5.10 Å². The number of nitrogens with zero attached hydrogens (tertiary/aromatic N) is 5. The number of hydrogen-bond acceptors (Lipinski definition) is 7. The third-order valence-corrected chi connectivity index (χ3v) is 5.01. The average molecular weight is 390 g/mol. The van der Waals surface area contributed by atoms with Crippen molar-refractivity contribution in [1.82, 2.24) is 25.2 Å². The highest BCUT2D eigenvalue weighted by Crippen LogP contribution is 2.31. The Morgan fingerprint density at radius 2 is 1.89 bits per heavy atom. The van der Waals surface area contributed by atoms with Gasteiger partial charge in [0.2, 0.25) is 0 Å². The number of tetrazole rings is 1. The van der Waals surface area contributed by atoms with Gasteiger partial charge >= 0.3 is 0 Å². The first kappa shape index (κ1) is 17.7. The minimum Gasteiger partial charge on any atom is -0.298 e. The van der Waals surface area contributed by atoms with Crippen LogP contribution in [0.3, 0.4) is 0 Å². The van der Waals surface area contributed by atoms with Crippen LogP contribution in [0.5, 0.6) is 0 Å². The van der Waals surface area contributed by atoms with Crippen LogP contribution in [0.4, 0.5) is 5.13 Å². The maximum absolute atomic E-state index is 12.7. The van der Waals surface area contributed by atoms with Gasteiger partial charge in [-0.2, -0.15) is 0 Å². The van der Waals surface area contributed by atoms with E-state index in [2.05, 4.69) is 25.8 Å². The molecule has 138 valence electrons. The number of Topliss-reactive ketones (excluding diaryl/α,β-unsaturated/α-hetero) is 1. The van der Waals surface area contributed by atoms with E-state index in [0.717, 1.165) is 16.9 Å². The van der Waals surface area contributed by atoms with Crippen molar-refractivity contribution in [2.75, 3.05) is 5.32 Å². The van der Waals surface area contributed by atoms with E-state index < -0.39 is 0 Å². The highest BCUT2D eigenvalue weighted by atomic mass is 32.1. The van der Waals surface area contributed by atoms with Crippen molar-refractivity contribution in [3.63, 3.8) is 0 Å². The van der Waals surface area contributed by atoms with E-state index in [0.29, 0.717) is 27.0 Å². The van der Waals surface area contributed by atoms with Crippen LogP contribution in [-0.2, 0) is 0 Å². The zero-order valence-electron chi connectivity index (χ0n) is 14.7. The Bertz CT molecular complexity index is 1140. The van der Waals surface area contributed by atoms with Gasteiger partial charge in [-0.3, -0.25) is 14.9 Å². The number of hydrogen-bond donors (Lipinski definition) is 1. The molecular weight excluding hydrogens is 376 g/mol. The van der Waals surface area contributed by atoms with Crippen LogP contribution in [0.15, 0.2) is 60.9 Å². The second-order valence-corrected chi connectivity index (χ2v) is 6.88. The summed E-state index contributed by atoms with van der Waals surface area (Å²) in [5, 5.41) is 14.1. The zero-order chi connectivity index (χ0) is 19.5. The summed E-state index contributed by atoms with van der Waals surface area (Å²) < 4.78 is 1.46. The molecule has 2 heterocycles. The summed E-state index contributed by atoms with van der Waals surface area (Å²) in [5.74, 6) is -0.434. The highest BCUT2D eigenvalue weighted by Gasteiger charge is 2.18. The van der Waals surface area contributed by atoms with Crippen LogP contribution >= 0.6 is 11.3 Å². The molecule has 0 spiro atoms. The van der Waals surface area contributed by atoms with Crippen LogP contribution in [0.2, 0.25) is 0 Å². The molecule has 0 atom stereocenters. The van der Waals surface area contributed by atoms with Crippen molar-refractivity contribution in [3.05, 3.63) is 71.4 Å². The van der Waals surface area contributed by atoms with Gasteiger partial charge in [-0.1, -0.05) is 47.7 Å². The maximum atomic E-state index is 12.7. The number of carbonyl (C=O) groups excluding carboxylic acids is 2. The molecule has 0 bridgehead atoms. The lowest BCUT2D eigenvalue weighted by molar-refractivity contribution is 0.101. The fourth-order valence-electron chi connectivity index (χ4n) is 2.64. The molecule has 0 aliphatic rings. The van der Waals surface area contributed by atoms with Crippen LogP contribution in [-0.4, -0.2) is 36.9 Å². The van der Waals surface area contributed by atoms with Crippen LogP contribution in [0.25, 0.3) is 16.9 Å². The van der Waals surface area contributed by atoms with E-state index in [1.54, 1.807) is 24.3 Å². The van der Waals surface area contributed by atoms with E-state index in [9.17, 15) is 9.59 Å². The first-order valence-electron chi connectivity index (χ1n) is 8.34. The van der Waals surface area contributed by atoms with Crippen molar-refractivity contribution < 1.29 is 9.59 Å². The van der Waals surface area contributed by atoms with Crippen molar-refractivity contribution >= 4 is 28.2 Å². The molecule has 1 amide bonds. The van der Waals surface area contributed by atoms with Gasteiger partial charge in [0.15, 0.2) is 10.9 Å². The predicted molar refractivity (Wildman–Crippen MR) is 105 cm³/mol. The van der Waals surface area contributed by atoms with Crippen molar-refractivity contribution in [1.29, 1.82) is 0 Å². The molecule has 0 saturated heterocycles. The number of amides is 1. The molecule has 4 aromatic rings. The molecule has 2 aromatic heterocycles. The molecule has 0 radical (unpaired) electrons. The largest absolute Gasteiger partial charge is 0.298 e. The summed E-state index contributed by atoms with van der Waals surface area (Å²) in [6.07, 6.45) is 1.45. The number of thiazole rings is 1. The molecule has 1 N–H and O–H groups in total. The lowest BCUT2D eigenvalue weighted by atomic mass is 10.1. The molecular formula is C19H14N6O2S. The van der Waals surface area contributed by atoms with E-state index in [4.69, 9.17) is 0 Å². The fourth-order valence-corrected chi connectivity index (χ4v) is 3.52. The Hall–Kier alpha value is -3.72. The molecule has 4 rings (SSSR count). The first-order chi connectivity index (χ1) is 13.6. The number of nitrogens with one attached hydrogen (secondary N) is 1. The number of rotatable bonds is 5. The van der Waals surface area contributed by atoms with Crippen LogP contribution in [0, 0.1) is 0 Å². The van der Waals surface area contributed by atoms with E-state index in [1.807, 2.05) is 30.3 Å². The number of ketones is 1. The summed E-state index contributed by atoms with van der Waals surface area (Å²) in [6.45, 7) is 1.49. The quantitative estimate of drug-likeness (QED) is 0.525. The summed E-state index contributed by atoms with van der Waals surface area (Å²) in [5.41, 5.74) is 2.47. The summed E-state index contributed by atoms with van der Waals surface area (Å²) in [6, 6.07) is 16.3. The Morgan fingerprint density at radius 3 is 2.61 bits per heavy atom. The molecule has 0 saturated carbocycles. The fraction of sp³-hybridized carbons (Fsp3) is 0.0526. The van der Waals surface area contributed by atoms with Gasteiger partial charge in [0.05, 0.1) is 16.3 Å². The molecule has 0 unspecified atom stereocenters. The minimum absolute atomic E-state index is 0.0995. The third kappa shape index (κ3) is 3.55. The Labute approximate surface area is 163 Å². The number of anilines is 1. The Kier molecular flexibility index (Phi) is 4.73. The molecule has 9 heteroatoms. The van der Waals surface area contributed by atoms with Gasteiger partial charge in [-0.05, 0) is 28.6 Å². The number of aromatic nitrogens is 5. The van der Waals surface area contributed by atoms with Crippen molar-refractivity contribution in [3.8, 4) is 16.9 Å². The normalized spacial score (nSPS) is 10.6. The van der Waals surface area contributed by atoms with Gasteiger partial charge in [-0.25, -0.2) is 9.67 Å². The molecule has 0 fully saturated rings. The first-order valence-corrected chi connectivity index (χ1v) is 9.15. The molecule has 0 aliphatic carbocycles. The summed E-state index contributed by atoms with van der Waals surface area (Å²) >= 11 is 1.16. The van der Waals surface area contributed by atoms with Gasteiger partial charge in [0, 0.05) is 18.1 Å². The smallest absolute Gasteiger partial charge is 0.257 e. The molecule has 0 aliphatic heterocycles.